The molecule has 40 valence electrons. The van der Waals surface area contributed by atoms with Crippen LogP contribution in [0.5, 0.6) is 0 Å². The number of hydrogen-bond donors (Lipinski definition) is 0. The van der Waals surface area contributed by atoms with Crippen molar-refractivity contribution in [2.24, 2.45) is 0 Å². The Balaban J connectivity index is 4.64. The molecule has 1 atom stereocenters. The van der Waals surface area contributed by atoms with Crippen molar-refractivity contribution >= 4 is 50.7 Å². The second-order valence-corrected chi connectivity index (χ2v) is 5.13. The summed E-state index contributed by atoms with van der Waals surface area (Å²) in [6.07, 6.45) is 0.380. The molecule has 0 rings (SSSR count). The van der Waals surface area contributed by atoms with Gasteiger partial charge < -0.3 is 0 Å². The molecular formula is C3H9I2P. The zero-order valence-corrected chi connectivity index (χ0v) is 8.62. The van der Waals surface area contributed by atoms with E-state index in [1.54, 1.807) is 29.5 Å². The summed E-state index contributed by atoms with van der Waals surface area (Å²) in [5, 5.41) is 0. The molecule has 3 heteroatoms. The van der Waals surface area contributed by atoms with Crippen LogP contribution < -0.4 is 0 Å². The SMILES string of the molecule is [2H]P([3H])([3H])(I)C([3H])(I)CC. The molecule has 0 aliphatic carbocycles. The molecule has 0 fully saturated rings. The topological polar surface area (TPSA) is 0 Å². The standard InChI is InChI=1S/C3H9I2P/c1-2-3(4)6-5/h3H,2H2,1,6H3/i3T,6T2D. The van der Waals surface area contributed by atoms with Gasteiger partial charge in [0.25, 0.3) is 0 Å². The number of hydrogen-bond acceptors (Lipinski definition) is 0. The summed E-state index contributed by atoms with van der Waals surface area (Å²) in [4.78, 5) is 0. The van der Waals surface area contributed by atoms with Gasteiger partial charge in [-0.25, -0.2) is 0 Å². The van der Waals surface area contributed by atoms with Crippen molar-refractivity contribution in [3.05, 3.63) is 0 Å². The Morgan fingerprint density at radius 1 is 2.67 bits per heavy atom. The fourth-order valence-electron chi connectivity index (χ4n) is 0.0598. The van der Waals surface area contributed by atoms with Crippen LogP contribution in [0.1, 0.15) is 14.7 Å². The van der Waals surface area contributed by atoms with Crippen molar-refractivity contribution in [1.29, 1.82) is 3.84 Å². The molecule has 0 aromatic rings. The molecule has 0 radical (unpaired) electrons. The first-order valence-electron chi connectivity index (χ1n) is 3.48. The summed E-state index contributed by atoms with van der Waals surface area (Å²) in [6, 6.07) is -3.97. The van der Waals surface area contributed by atoms with Gasteiger partial charge in [-0.1, -0.05) is 0 Å². The van der Waals surface area contributed by atoms with Gasteiger partial charge in [-0.15, -0.1) is 0 Å². The zero-order chi connectivity index (χ0) is 8.65. The van der Waals surface area contributed by atoms with Gasteiger partial charge >= 0.3 is 72.9 Å². The van der Waals surface area contributed by atoms with Crippen molar-refractivity contribution in [1.82, 2.24) is 0 Å². The van der Waals surface area contributed by atoms with Crippen LogP contribution >= 0.6 is 50.7 Å². The Morgan fingerprint density at radius 2 is 3.17 bits per heavy atom. The van der Waals surface area contributed by atoms with Gasteiger partial charge in [0.1, 0.15) is 0 Å². The van der Waals surface area contributed by atoms with Crippen molar-refractivity contribution in [3.63, 3.8) is 0 Å². The minimum absolute atomic E-state index is 0.380. The molecule has 6 heavy (non-hydrogen) atoms. The molecule has 0 spiro atoms. The van der Waals surface area contributed by atoms with Gasteiger partial charge in [-0.3, -0.25) is 0 Å². The molecule has 0 N–H and O–H groups in total. The van der Waals surface area contributed by atoms with Crippen LogP contribution in [0.3, 0.4) is 0 Å². The molecule has 0 aromatic heterocycles. The molecule has 0 nitrogen and oxygen atoms in total. The van der Waals surface area contributed by atoms with Gasteiger partial charge in [0, 0.05) is 0 Å². The van der Waals surface area contributed by atoms with Crippen LogP contribution in [0, 0.1) is 0 Å². The molecular weight excluding hydrogens is 321 g/mol. The van der Waals surface area contributed by atoms with Gasteiger partial charge in [0.15, 0.2) is 0 Å². The Hall–Kier alpha value is 1.89. The second-order valence-electron chi connectivity index (χ2n) is 0.814. The summed E-state index contributed by atoms with van der Waals surface area (Å²) in [7, 11) is 0. The first-order chi connectivity index (χ1) is 4.07. The van der Waals surface area contributed by atoms with E-state index in [1.165, 1.54) is 22.0 Å². The molecule has 0 saturated heterocycles. The van der Waals surface area contributed by atoms with E-state index in [2.05, 4.69) is 0 Å². The third-order valence-corrected chi connectivity index (χ3v) is 6.89. The van der Waals surface area contributed by atoms with Crippen LogP contribution in [0.25, 0.3) is 0 Å². The average molecular weight is 337 g/mol. The van der Waals surface area contributed by atoms with Gasteiger partial charge in [0.05, 0.1) is 0 Å². The van der Waals surface area contributed by atoms with Crippen LogP contribution in [0.15, 0.2) is 0 Å². The Bertz CT molecular complexity index is 130. The molecule has 0 aliphatic heterocycles. The normalized spacial score (nSPS) is 38.8. The van der Waals surface area contributed by atoms with Crippen molar-refractivity contribution in [2.75, 3.05) is 0 Å². The Labute approximate surface area is 72.5 Å². The third kappa shape index (κ3) is 4.06. The van der Waals surface area contributed by atoms with Crippen LogP contribution in [-0.2, 0) is 0 Å². The number of rotatable bonds is 2. The van der Waals surface area contributed by atoms with Crippen molar-refractivity contribution in [2.45, 2.75) is 17.0 Å². The van der Waals surface area contributed by atoms with E-state index in [-0.39, 0.29) is 0 Å². The molecule has 0 aromatic carbocycles. The zero-order valence-electron chi connectivity index (χ0n) is 7.41. The van der Waals surface area contributed by atoms with Gasteiger partial charge in [0.2, 0.25) is 0 Å². The summed E-state index contributed by atoms with van der Waals surface area (Å²) < 4.78 is 28.3. The molecule has 0 amide bonds. The molecule has 1 unspecified atom stereocenters. The molecule has 0 bridgehead atoms. The predicted octanol–water partition coefficient (Wildman–Crippen LogP) is 2.65. The Morgan fingerprint density at radius 3 is 3.17 bits per heavy atom. The minimum atomic E-state index is -3.97. The number of alkyl halides is 1. The van der Waals surface area contributed by atoms with Crippen LogP contribution in [0.4, 0.5) is 0 Å². The van der Waals surface area contributed by atoms with E-state index in [0.29, 0.717) is 6.42 Å². The Kier molecular flexibility index (Phi) is 2.65. The van der Waals surface area contributed by atoms with E-state index in [4.69, 9.17) is 5.21 Å². The summed E-state index contributed by atoms with van der Waals surface area (Å²) in [5.41, 5.74) is 0. The fourth-order valence-corrected chi connectivity index (χ4v) is 1.20. The van der Waals surface area contributed by atoms with E-state index in [1.807, 2.05) is 0 Å². The van der Waals surface area contributed by atoms with Crippen LogP contribution in [0.2, 0.25) is 0 Å². The van der Waals surface area contributed by atoms with Crippen molar-refractivity contribution in [3.8, 4) is 0 Å². The monoisotopic (exact) mass is 337 g/mol. The second kappa shape index (κ2) is 5.04. The van der Waals surface area contributed by atoms with Crippen molar-refractivity contribution < 1.29 is 1.37 Å². The maximum atomic E-state index is 7.50. The molecule has 0 saturated carbocycles. The van der Waals surface area contributed by atoms with Gasteiger partial charge in [-0.2, -0.15) is 0 Å². The third-order valence-electron chi connectivity index (χ3n) is 0.383. The van der Waals surface area contributed by atoms with E-state index >= 15 is 0 Å². The fraction of sp³-hybridized carbons (Fsp3) is 1.00. The van der Waals surface area contributed by atoms with Gasteiger partial charge in [-0.05, 0) is 0 Å². The predicted molar refractivity (Wildman–Crippen MR) is 53.2 cm³/mol. The summed E-state index contributed by atoms with van der Waals surface area (Å²) in [5.74, 6) is 0. The van der Waals surface area contributed by atoms with E-state index in [9.17, 15) is 0 Å². The summed E-state index contributed by atoms with van der Waals surface area (Å²) in [6.45, 7) is 1.73. The molecule has 0 heterocycles. The first-order valence-corrected chi connectivity index (χ1v) is 6.40. The van der Waals surface area contributed by atoms with E-state index in [0.717, 1.165) is 0 Å². The molecule has 0 aliphatic rings. The summed E-state index contributed by atoms with van der Waals surface area (Å²) >= 11 is 3.21. The average Bonchev–Trinajstić information content (AvgIpc) is 1.61. The maximum absolute atomic E-state index is 7.50. The van der Waals surface area contributed by atoms with Crippen LogP contribution in [-0.4, -0.2) is 7.48 Å². The van der Waals surface area contributed by atoms with E-state index < -0.39 is 9.70 Å². The quantitative estimate of drug-likeness (QED) is 0.413. The first kappa shape index (κ1) is 3.16. The number of halogens is 2.